The van der Waals surface area contributed by atoms with Gasteiger partial charge in [0.05, 0.1) is 29.0 Å². The molecule has 168 valence electrons. The fraction of sp³-hybridized carbons (Fsp3) is 0.286. The lowest BCUT2D eigenvalue weighted by molar-refractivity contribution is -0.126. The van der Waals surface area contributed by atoms with Crippen molar-refractivity contribution in [3.8, 4) is 10.8 Å². The van der Waals surface area contributed by atoms with Crippen LogP contribution >= 0.6 is 23.1 Å². The van der Waals surface area contributed by atoms with Gasteiger partial charge in [-0.25, -0.2) is 22.7 Å². The fourth-order valence-electron chi connectivity index (χ4n) is 3.10. The number of carbonyl (C=O) groups is 1. The van der Waals surface area contributed by atoms with Crippen LogP contribution in [0.2, 0.25) is 0 Å². The highest BCUT2D eigenvalue weighted by atomic mass is 32.2. The molecular formula is C21H22N4O4S3. The normalized spacial score (nSPS) is 18.1. The highest BCUT2D eigenvalue weighted by molar-refractivity contribution is 8.14. The lowest BCUT2D eigenvalue weighted by Gasteiger charge is -2.16. The molecule has 0 spiro atoms. The van der Waals surface area contributed by atoms with Crippen molar-refractivity contribution < 1.29 is 17.6 Å². The van der Waals surface area contributed by atoms with E-state index in [0.717, 1.165) is 9.31 Å². The fourth-order valence-corrected chi connectivity index (χ4v) is 5.87. The van der Waals surface area contributed by atoms with E-state index in [9.17, 15) is 13.2 Å². The number of amidine groups is 1. The lowest BCUT2D eigenvalue weighted by Crippen LogP contribution is -2.33. The third-order valence-electron chi connectivity index (χ3n) is 4.72. The molecule has 2 aromatic heterocycles. The second-order valence-electron chi connectivity index (χ2n) is 7.41. The number of rotatable bonds is 6. The minimum Gasteiger partial charge on any atom is -0.462 e. The molecule has 1 saturated heterocycles. The maximum atomic E-state index is 13.0. The van der Waals surface area contributed by atoms with Crippen molar-refractivity contribution in [2.24, 2.45) is 4.99 Å². The van der Waals surface area contributed by atoms with Gasteiger partial charge in [0.1, 0.15) is 0 Å². The number of nitrogens with zero attached hydrogens (tertiary/aromatic N) is 4. The average molecular weight is 491 g/mol. The Labute approximate surface area is 195 Å². The molecule has 0 radical (unpaired) electrons. The first kappa shape index (κ1) is 22.7. The van der Waals surface area contributed by atoms with Crippen LogP contribution in [0.3, 0.4) is 0 Å². The van der Waals surface area contributed by atoms with Crippen LogP contribution < -0.4 is 0 Å². The van der Waals surface area contributed by atoms with Crippen molar-refractivity contribution >= 4 is 49.9 Å². The molecular weight excluding hydrogens is 468 g/mol. The number of benzene rings is 1. The number of carbonyl (C=O) groups excluding carboxylic acids is 1. The van der Waals surface area contributed by atoms with Gasteiger partial charge in [0.15, 0.2) is 15.9 Å². The maximum Gasteiger partial charge on any atom is 0.242 e. The van der Waals surface area contributed by atoms with Gasteiger partial charge in [0.25, 0.3) is 0 Å². The second kappa shape index (κ2) is 9.18. The van der Waals surface area contributed by atoms with E-state index in [0.29, 0.717) is 28.9 Å². The Morgan fingerprint density at radius 3 is 2.84 bits per heavy atom. The average Bonchev–Trinajstić information content (AvgIpc) is 3.49. The zero-order chi connectivity index (χ0) is 22.9. The minimum absolute atomic E-state index is 0.103. The van der Waals surface area contributed by atoms with Gasteiger partial charge in [-0.15, -0.1) is 11.3 Å². The summed E-state index contributed by atoms with van der Waals surface area (Å²) in [6.07, 6.45) is 1.74. The third-order valence-corrected chi connectivity index (χ3v) is 8.51. The summed E-state index contributed by atoms with van der Waals surface area (Å²) in [6.45, 7) is 2.56. The number of aromatic nitrogens is 1. The molecule has 3 aromatic rings. The predicted octanol–water partition coefficient (Wildman–Crippen LogP) is 3.85. The summed E-state index contributed by atoms with van der Waals surface area (Å²) in [5, 5.41) is 3.33. The van der Waals surface area contributed by atoms with Crippen molar-refractivity contribution in [1.82, 2.24) is 14.2 Å². The Bertz CT molecular complexity index is 1250. The number of hydrogen-bond acceptors (Lipinski definition) is 8. The van der Waals surface area contributed by atoms with Gasteiger partial charge in [0, 0.05) is 31.3 Å². The van der Waals surface area contributed by atoms with E-state index < -0.39 is 10.0 Å². The van der Waals surface area contributed by atoms with E-state index in [4.69, 9.17) is 4.42 Å². The van der Waals surface area contributed by atoms with Crippen molar-refractivity contribution in [1.29, 1.82) is 0 Å². The molecule has 1 unspecified atom stereocenters. The molecule has 0 saturated carbocycles. The van der Waals surface area contributed by atoms with Crippen molar-refractivity contribution in [3.05, 3.63) is 53.7 Å². The number of thiazole rings is 1. The lowest BCUT2D eigenvalue weighted by atomic mass is 10.3. The Hall–Kier alpha value is -2.47. The summed E-state index contributed by atoms with van der Waals surface area (Å²) in [6, 6.07) is 10.1. The number of sulfonamides is 1. The van der Waals surface area contributed by atoms with Gasteiger partial charge < -0.3 is 4.42 Å². The number of amides is 1. The molecule has 0 N–H and O–H groups in total. The van der Waals surface area contributed by atoms with Gasteiger partial charge in [0.2, 0.25) is 15.9 Å². The van der Waals surface area contributed by atoms with Gasteiger partial charge in [-0.3, -0.25) is 9.69 Å². The summed E-state index contributed by atoms with van der Waals surface area (Å²) in [5.74, 6) is 0.572. The summed E-state index contributed by atoms with van der Waals surface area (Å²) in [5.41, 5.74) is 1.16. The Kier molecular flexibility index (Phi) is 6.52. The van der Waals surface area contributed by atoms with Crippen LogP contribution in [0.25, 0.3) is 10.8 Å². The summed E-state index contributed by atoms with van der Waals surface area (Å²) >= 11 is 2.92. The Morgan fingerprint density at radius 1 is 1.31 bits per heavy atom. The van der Waals surface area contributed by atoms with Crippen LogP contribution in [0.1, 0.15) is 12.6 Å². The van der Waals surface area contributed by atoms with Crippen molar-refractivity contribution in [3.63, 3.8) is 0 Å². The van der Waals surface area contributed by atoms with Gasteiger partial charge in [-0.2, -0.15) is 0 Å². The zero-order valence-corrected chi connectivity index (χ0v) is 20.2. The monoisotopic (exact) mass is 490 g/mol. The molecule has 32 heavy (non-hydrogen) atoms. The smallest absolute Gasteiger partial charge is 0.242 e. The number of thioether (sulfide) groups is 1. The zero-order valence-electron chi connectivity index (χ0n) is 17.8. The molecule has 0 bridgehead atoms. The van der Waals surface area contributed by atoms with Crippen LogP contribution in [0.15, 0.2) is 62.3 Å². The van der Waals surface area contributed by atoms with Gasteiger partial charge in [-0.1, -0.05) is 24.8 Å². The van der Waals surface area contributed by atoms with Crippen LogP contribution in [0.4, 0.5) is 5.69 Å². The van der Waals surface area contributed by atoms with Crippen LogP contribution in [-0.2, 0) is 21.2 Å². The molecule has 8 nitrogen and oxygen atoms in total. The summed E-state index contributed by atoms with van der Waals surface area (Å²) < 4.78 is 31.4. The Morgan fingerprint density at radius 2 is 2.12 bits per heavy atom. The second-order valence-corrected chi connectivity index (χ2v) is 11.8. The van der Waals surface area contributed by atoms with Crippen LogP contribution in [0, 0.1) is 0 Å². The molecule has 1 fully saturated rings. The predicted molar refractivity (Wildman–Crippen MR) is 127 cm³/mol. The van der Waals surface area contributed by atoms with Crippen molar-refractivity contribution in [2.45, 2.75) is 23.5 Å². The maximum absolute atomic E-state index is 13.0. The standard InChI is InChI=1S/C21H22N4O4S3/c1-14-12-25(19(26)11-16-13-30-20(22-16)18-8-5-9-29-18)21(31-14)23-15-6-4-7-17(10-15)32(27,28)24(2)3/h4-10,13-14H,11-12H2,1-3H3. The van der Waals surface area contributed by atoms with Crippen LogP contribution in [0.5, 0.6) is 0 Å². The molecule has 1 amide bonds. The first-order valence-corrected chi connectivity index (χ1v) is 13.0. The van der Waals surface area contributed by atoms with Crippen molar-refractivity contribution in [2.75, 3.05) is 20.6 Å². The third kappa shape index (κ3) is 4.80. The molecule has 11 heteroatoms. The van der Waals surface area contributed by atoms with Gasteiger partial charge >= 0.3 is 0 Å². The first-order valence-electron chi connectivity index (χ1n) is 9.80. The minimum atomic E-state index is -3.57. The molecule has 1 atom stereocenters. The molecule has 4 rings (SSSR count). The number of furan rings is 1. The van der Waals surface area contributed by atoms with E-state index in [1.165, 1.54) is 49.3 Å². The molecule has 1 aliphatic rings. The molecule has 1 aliphatic heterocycles. The van der Waals surface area contributed by atoms with E-state index in [1.54, 1.807) is 29.4 Å². The molecule has 0 aliphatic carbocycles. The quantitative estimate of drug-likeness (QED) is 0.521. The SMILES string of the molecule is CC1CN(C(=O)Cc2csc(-c3ccco3)n2)C(=Nc2cccc(S(=O)(=O)N(C)C)c2)S1. The van der Waals surface area contributed by atoms with E-state index in [2.05, 4.69) is 9.98 Å². The largest absolute Gasteiger partial charge is 0.462 e. The molecule has 3 heterocycles. The highest BCUT2D eigenvalue weighted by Gasteiger charge is 2.31. The molecule has 1 aromatic carbocycles. The number of aliphatic imine (C=N–C) groups is 1. The Balaban J connectivity index is 1.55. The van der Waals surface area contributed by atoms with Gasteiger partial charge in [-0.05, 0) is 30.3 Å². The van der Waals surface area contributed by atoms with E-state index in [-0.39, 0.29) is 22.5 Å². The van der Waals surface area contributed by atoms with E-state index in [1.807, 2.05) is 18.4 Å². The highest BCUT2D eigenvalue weighted by Crippen LogP contribution is 2.30. The topological polar surface area (TPSA) is 96.1 Å². The first-order chi connectivity index (χ1) is 15.2. The van der Waals surface area contributed by atoms with E-state index >= 15 is 0 Å². The number of hydrogen-bond donors (Lipinski definition) is 0. The summed E-state index contributed by atoms with van der Waals surface area (Å²) in [4.78, 5) is 24.0. The summed E-state index contributed by atoms with van der Waals surface area (Å²) in [7, 11) is -0.599. The van der Waals surface area contributed by atoms with Crippen LogP contribution in [-0.4, -0.2) is 59.6 Å².